The second kappa shape index (κ2) is 7.66. The molecule has 3 aromatic rings. The molecule has 6 heteroatoms. The van der Waals surface area contributed by atoms with Crippen molar-refractivity contribution in [1.82, 2.24) is 0 Å². The standard InChI is InChI=1S/C22H23NO5/c1-14-20(15-5-3-4-6-19(15)26-2)21(25)16-7-8-18(24)17(22(16)28-14)13-23-9-11-27-12-10-23/h3-8,24H,9-13H2,1-2H3/p+1. The molecule has 1 aliphatic rings. The number of hydrogen-bond acceptors (Lipinski definition) is 5. The molecule has 0 amide bonds. The van der Waals surface area contributed by atoms with Crippen molar-refractivity contribution >= 4 is 11.0 Å². The van der Waals surface area contributed by atoms with E-state index in [1.54, 1.807) is 26.2 Å². The van der Waals surface area contributed by atoms with E-state index in [0.717, 1.165) is 13.1 Å². The number of morpholine rings is 1. The lowest BCUT2D eigenvalue weighted by Crippen LogP contribution is -3.12. The Bertz CT molecular complexity index is 1070. The van der Waals surface area contributed by atoms with Crippen molar-refractivity contribution in [2.24, 2.45) is 0 Å². The molecular weight excluding hydrogens is 358 g/mol. The second-order valence-electron chi connectivity index (χ2n) is 7.04. The Morgan fingerprint density at radius 2 is 1.89 bits per heavy atom. The predicted molar refractivity (Wildman–Crippen MR) is 106 cm³/mol. The summed E-state index contributed by atoms with van der Waals surface area (Å²) in [5, 5.41) is 10.9. The summed E-state index contributed by atoms with van der Waals surface area (Å²) in [6, 6.07) is 10.6. The molecule has 2 N–H and O–H groups in total. The van der Waals surface area contributed by atoms with E-state index in [1.165, 1.54) is 4.90 Å². The van der Waals surface area contributed by atoms with Gasteiger partial charge >= 0.3 is 0 Å². The monoisotopic (exact) mass is 382 g/mol. The predicted octanol–water partition coefficient (Wildman–Crippen LogP) is 1.90. The fraction of sp³-hybridized carbons (Fsp3) is 0.318. The number of rotatable bonds is 4. The van der Waals surface area contributed by atoms with Crippen LogP contribution in [0.25, 0.3) is 22.1 Å². The number of ether oxygens (including phenoxy) is 2. The first-order valence-electron chi connectivity index (χ1n) is 9.43. The van der Waals surface area contributed by atoms with Gasteiger partial charge in [-0.15, -0.1) is 0 Å². The number of quaternary nitrogens is 1. The van der Waals surface area contributed by atoms with Crippen molar-refractivity contribution in [1.29, 1.82) is 0 Å². The minimum Gasteiger partial charge on any atom is -0.507 e. The van der Waals surface area contributed by atoms with Gasteiger partial charge in [0.05, 0.1) is 36.8 Å². The number of aryl methyl sites for hydroxylation is 1. The number of methoxy groups -OCH3 is 1. The number of benzene rings is 2. The Labute approximate surface area is 162 Å². The molecule has 1 aliphatic heterocycles. The van der Waals surface area contributed by atoms with E-state index in [1.807, 2.05) is 24.3 Å². The summed E-state index contributed by atoms with van der Waals surface area (Å²) in [6.07, 6.45) is 0. The Balaban J connectivity index is 1.88. The number of para-hydroxylation sites is 1. The molecule has 28 heavy (non-hydrogen) atoms. The van der Waals surface area contributed by atoms with Crippen LogP contribution in [0.3, 0.4) is 0 Å². The Morgan fingerprint density at radius 3 is 2.64 bits per heavy atom. The van der Waals surface area contributed by atoms with Gasteiger partial charge in [-0.1, -0.05) is 18.2 Å². The van der Waals surface area contributed by atoms with Crippen LogP contribution >= 0.6 is 0 Å². The molecule has 0 radical (unpaired) electrons. The number of fused-ring (bicyclic) bond motifs is 1. The fourth-order valence-electron chi connectivity index (χ4n) is 3.83. The minimum absolute atomic E-state index is 0.124. The molecule has 1 fully saturated rings. The third-order valence-corrected chi connectivity index (χ3v) is 5.32. The topological polar surface area (TPSA) is 73.3 Å². The van der Waals surface area contributed by atoms with E-state index in [0.29, 0.717) is 58.9 Å². The van der Waals surface area contributed by atoms with Gasteiger partial charge in [-0.25, -0.2) is 0 Å². The van der Waals surface area contributed by atoms with E-state index in [4.69, 9.17) is 13.9 Å². The van der Waals surface area contributed by atoms with Gasteiger partial charge in [0.1, 0.15) is 36.9 Å². The number of phenols is 1. The van der Waals surface area contributed by atoms with Crippen LogP contribution in [0.1, 0.15) is 11.3 Å². The highest BCUT2D eigenvalue weighted by Crippen LogP contribution is 2.33. The second-order valence-corrected chi connectivity index (χ2v) is 7.04. The maximum absolute atomic E-state index is 13.3. The maximum atomic E-state index is 13.3. The Hall–Kier alpha value is -2.83. The third-order valence-electron chi connectivity index (χ3n) is 5.32. The highest BCUT2D eigenvalue weighted by molar-refractivity contribution is 5.87. The molecule has 1 saturated heterocycles. The van der Waals surface area contributed by atoms with Crippen molar-refractivity contribution in [2.75, 3.05) is 33.4 Å². The molecule has 4 rings (SSSR count). The Morgan fingerprint density at radius 1 is 1.14 bits per heavy atom. The molecule has 146 valence electrons. The van der Waals surface area contributed by atoms with Gasteiger partial charge in [-0.05, 0) is 25.1 Å². The lowest BCUT2D eigenvalue weighted by Gasteiger charge is -2.24. The number of aromatic hydroxyl groups is 1. The molecule has 0 unspecified atom stereocenters. The van der Waals surface area contributed by atoms with Gasteiger partial charge in [-0.3, -0.25) is 4.79 Å². The molecule has 2 heterocycles. The van der Waals surface area contributed by atoms with Crippen molar-refractivity contribution in [3.8, 4) is 22.6 Å². The largest absolute Gasteiger partial charge is 0.507 e. The van der Waals surface area contributed by atoms with Crippen molar-refractivity contribution in [2.45, 2.75) is 13.5 Å². The number of hydrogen-bond donors (Lipinski definition) is 2. The lowest BCUT2D eigenvalue weighted by molar-refractivity contribution is -0.921. The highest BCUT2D eigenvalue weighted by atomic mass is 16.5. The zero-order valence-electron chi connectivity index (χ0n) is 16.1. The van der Waals surface area contributed by atoms with Crippen molar-refractivity contribution < 1.29 is 23.9 Å². The maximum Gasteiger partial charge on any atom is 0.200 e. The fourth-order valence-corrected chi connectivity index (χ4v) is 3.83. The SMILES string of the molecule is COc1ccccc1-c1c(C)oc2c(C[NH+]3CCOCC3)c(O)ccc2c1=O. The number of phenolic OH excluding ortho intramolecular Hbond substituents is 1. The number of nitrogens with one attached hydrogen (secondary N) is 1. The Kier molecular flexibility index (Phi) is 5.07. The van der Waals surface area contributed by atoms with Gasteiger partial charge < -0.3 is 23.9 Å². The molecule has 0 saturated carbocycles. The summed E-state index contributed by atoms with van der Waals surface area (Å²) in [5.41, 5.74) is 2.19. The van der Waals surface area contributed by atoms with Gasteiger partial charge in [-0.2, -0.15) is 0 Å². The summed E-state index contributed by atoms with van der Waals surface area (Å²) in [6.45, 7) is 5.47. The molecule has 2 aromatic carbocycles. The zero-order valence-corrected chi connectivity index (χ0v) is 16.1. The summed E-state index contributed by atoms with van der Waals surface area (Å²) < 4.78 is 17.0. The zero-order chi connectivity index (χ0) is 19.7. The van der Waals surface area contributed by atoms with E-state index in [9.17, 15) is 9.90 Å². The molecule has 0 atom stereocenters. The van der Waals surface area contributed by atoms with E-state index < -0.39 is 0 Å². The van der Waals surface area contributed by atoms with Crippen LogP contribution in [-0.4, -0.2) is 38.5 Å². The summed E-state index contributed by atoms with van der Waals surface area (Å²) >= 11 is 0. The van der Waals surface area contributed by atoms with Crippen molar-refractivity contribution in [3.63, 3.8) is 0 Å². The summed E-state index contributed by atoms with van der Waals surface area (Å²) in [7, 11) is 1.58. The molecule has 0 spiro atoms. The van der Waals surface area contributed by atoms with Crippen LogP contribution in [0, 0.1) is 6.92 Å². The molecular formula is C22H24NO5+. The van der Waals surface area contributed by atoms with Crippen LogP contribution in [0.5, 0.6) is 11.5 Å². The van der Waals surface area contributed by atoms with Gasteiger partial charge in [0.25, 0.3) is 0 Å². The lowest BCUT2D eigenvalue weighted by atomic mass is 10.00. The first-order chi connectivity index (χ1) is 13.6. The first kappa shape index (κ1) is 18.5. The van der Waals surface area contributed by atoms with Gasteiger partial charge in [0.15, 0.2) is 5.58 Å². The van der Waals surface area contributed by atoms with E-state index in [2.05, 4.69) is 0 Å². The van der Waals surface area contributed by atoms with Crippen LogP contribution in [0.2, 0.25) is 0 Å². The molecule has 0 bridgehead atoms. The average Bonchev–Trinajstić information content (AvgIpc) is 2.71. The summed E-state index contributed by atoms with van der Waals surface area (Å²) in [5.74, 6) is 1.28. The van der Waals surface area contributed by atoms with Gasteiger partial charge in [0, 0.05) is 5.56 Å². The van der Waals surface area contributed by atoms with Gasteiger partial charge in [0.2, 0.25) is 5.43 Å². The van der Waals surface area contributed by atoms with E-state index >= 15 is 0 Å². The third kappa shape index (κ3) is 3.25. The quantitative estimate of drug-likeness (QED) is 0.721. The molecule has 6 nitrogen and oxygen atoms in total. The normalized spacial score (nSPS) is 15.1. The smallest absolute Gasteiger partial charge is 0.200 e. The van der Waals surface area contributed by atoms with E-state index in [-0.39, 0.29) is 11.2 Å². The molecule has 1 aromatic heterocycles. The molecule has 0 aliphatic carbocycles. The summed E-state index contributed by atoms with van der Waals surface area (Å²) in [4.78, 5) is 14.6. The van der Waals surface area contributed by atoms with Crippen LogP contribution < -0.4 is 15.1 Å². The minimum atomic E-state index is -0.124. The average molecular weight is 382 g/mol. The first-order valence-corrected chi connectivity index (χ1v) is 9.43. The van der Waals surface area contributed by atoms with Crippen molar-refractivity contribution in [3.05, 3.63) is 57.9 Å². The van der Waals surface area contributed by atoms with Crippen LogP contribution in [0.4, 0.5) is 0 Å². The highest BCUT2D eigenvalue weighted by Gasteiger charge is 2.23. The van der Waals surface area contributed by atoms with Crippen LogP contribution in [0.15, 0.2) is 45.6 Å². The van der Waals surface area contributed by atoms with Crippen LogP contribution in [-0.2, 0) is 11.3 Å².